The molecule has 27 heavy (non-hydrogen) atoms. The van der Waals surface area contributed by atoms with Gasteiger partial charge in [0, 0.05) is 23.8 Å². The van der Waals surface area contributed by atoms with Crippen molar-refractivity contribution >= 4 is 45.6 Å². The molecule has 4 amide bonds. The van der Waals surface area contributed by atoms with Gasteiger partial charge < -0.3 is 21.3 Å². The van der Waals surface area contributed by atoms with E-state index in [2.05, 4.69) is 21.3 Å². The first-order valence-corrected chi connectivity index (χ1v) is 9.65. The molecule has 0 radical (unpaired) electrons. The van der Waals surface area contributed by atoms with E-state index in [1.165, 1.54) is 11.3 Å². The first-order chi connectivity index (χ1) is 13.0. The van der Waals surface area contributed by atoms with Crippen LogP contribution in [-0.4, -0.2) is 24.4 Å². The number of hydrogen-bond donors (Lipinski definition) is 4. The van der Waals surface area contributed by atoms with E-state index in [0.29, 0.717) is 27.8 Å². The first kappa shape index (κ1) is 18.9. The van der Waals surface area contributed by atoms with Crippen LogP contribution in [0.2, 0.25) is 0 Å². The second-order valence-electron chi connectivity index (χ2n) is 6.41. The SMILES string of the molecule is CCNC(=O)Nc1cccc(NC(=O)c2sc(NC(=O)C3CC3)cc2C)c1. The van der Waals surface area contributed by atoms with Gasteiger partial charge in [-0.3, -0.25) is 9.59 Å². The predicted molar refractivity (Wildman–Crippen MR) is 108 cm³/mol. The number of hydrogen-bond acceptors (Lipinski definition) is 4. The maximum atomic E-state index is 12.6. The summed E-state index contributed by atoms with van der Waals surface area (Å²) in [6.45, 7) is 4.20. The Bertz CT molecular complexity index is 874. The molecule has 1 aliphatic rings. The van der Waals surface area contributed by atoms with Gasteiger partial charge in [-0.15, -0.1) is 11.3 Å². The van der Waals surface area contributed by atoms with Crippen molar-refractivity contribution in [2.24, 2.45) is 5.92 Å². The summed E-state index contributed by atoms with van der Waals surface area (Å²) in [6.07, 6.45) is 1.87. The predicted octanol–water partition coefficient (Wildman–Crippen LogP) is 3.80. The van der Waals surface area contributed by atoms with Crippen LogP contribution in [0.15, 0.2) is 30.3 Å². The van der Waals surface area contributed by atoms with E-state index in [9.17, 15) is 14.4 Å². The summed E-state index contributed by atoms with van der Waals surface area (Å²) in [5.74, 6) is -0.114. The molecular weight excluding hydrogens is 364 g/mol. The molecule has 0 bridgehead atoms. The fourth-order valence-electron chi connectivity index (χ4n) is 2.54. The monoisotopic (exact) mass is 386 g/mol. The summed E-state index contributed by atoms with van der Waals surface area (Å²) >= 11 is 1.26. The molecule has 2 aromatic rings. The molecule has 0 unspecified atom stereocenters. The van der Waals surface area contributed by atoms with Crippen LogP contribution in [0.1, 0.15) is 35.0 Å². The maximum absolute atomic E-state index is 12.6. The Morgan fingerprint density at radius 3 is 2.44 bits per heavy atom. The molecule has 1 aliphatic carbocycles. The number of anilines is 3. The Morgan fingerprint density at radius 2 is 1.78 bits per heavy atom. The minimum absolute atomic E-state index is 0.0207. The van der Waals surface area contributed by atoms with Crippen molar-refractivity contribution in [3.63, 3.8) is 0 Å². The molecule has 1 saturated carbocycles. The summed E-state index contributed by atoms with van der Waals surface area (Å²) in [6, 6.07) is 8.44. The van der Waals surface area contributed by atoms with Crippen LogP contribution in [0.3, 0.4) is 0 Å². The number of carbonyl (C=O) groups is 3. The number of urea groups is 1. The highest BCUT2D eigenvalue weighted by atomic mass is 32.1. The van der Waals surface area contributed by atoms with Gasteiger partial charge >= 0.3 is 6.03 Å². The number of aryl methyl sites for hydroxylation is 1. The largest absolute Gasteiger partial charge is 0.338 e. The van der Waals surface area contributed by atoms with Gasteiger partial charge in [0.1, 0.15) is 0 Å². The fraction of sp³-hybridized carbons (Fsp3) is 0.316. The molecule has 4 N–H and O–H groups in total. The van der Waals surface area contributed by atoms with E-state index in [1.807, 2.05) is 19.9 Å². The van der Waals surface area contributed by atoms with Crippen molar-refractivity contribution in [1.29, 1.82) is 0 Å². The number of amides is 4. The summed E-state index contributed by atoms with van der Waals surface area (Å²) in [5, 5.41) is 11.7. The van der Waals surface area contributed by atoms with Gasteiger partial charge in [0.15, 0.2) is 0 Å². The van der Waals surface area contributed by atoms with Crippen molar-refractivity contribution in [3.05, 3.63) is 40.8 Å². The molecule has 3 rings (SSSR count). The number of rotatable bonds is 6. The average Bonchev–Trinajstić information content (AvgIpc) is 3.39. The third kappa shape index (κ3) is 5.07. The maximum Gasteiger partial charge on any atom is 0.319 e. The number of benzene rings is 1. The van der Waals surface area contributed by atoms with Crippen LogP contribution >= 0.6 is 11.3 Å². The molecule has 1 fully saturated rings. The number of carbonyl (C=O) groups excluding carboxylic acids is 3. The standard InChI is InChI=1S/C19H22N4O3S/c1-3-20-19(26)22-14-6-4-5-13(10-14)21-18(25)16-11(2)9-15(27-16)23-17(24)12-7-8-12/h4-6,9-10,12H,3,7-8H2,1-2H3,(H,21,25)(H,23,24)(H2,20,22,26). The van der Waals surface area contributed by atoms with Gasteiger partial charge in [-0.05, 0) is 56.5 Å². The Labute approximate surface area is 161 Å². The van der Waals surface area contributed by atoms with E-state index >= 15 is 0 Å². The average molecular weight is 386 g/mol. The Morgan fingerprint density at radius 1 is 1.07 bits per heavy atom. The van der Waals surface area contributed by atoms with Crippen LogP contribution < -0.4 is 21.3 Å². The van der Waals surface area contributed by atoms with Crippen molar-refractivity contribution in [1.82, 2.24) is 5.32 Å². The lowest BCUT2D eigenvalue weighted by Gasteiger charge is -2.09. The normalized spacial score (nSPS) is 13.0. The van der Waals surface area contributed by atoms with Crippen molar-refractivity contribution < 1.29 is 14.4 Å². The lowest BCUT2D eigenvalue weighted by Crippen LogP contribution is -2.28. The highest BCUT2D eigenvalue weighted by molar-refractivity contribution is 7.18. The van der Waals surface area contributed by atoms with Crippen molar-refractivity contribution in [2.75, 3.05) is 22.5 Å². The molecular formula is C19H22N4O3S. The van der Waals surface area contributed by atoms with Gasteiger partial charge in [-0.2, -0.15) is 0 Å². The summed E-state index contributed by atoms with van der Waals surface area (Å²) in [5.41, 5.74) is 1.96. The first-order valence-electron chi connectivity index (χ1n) is 8.84. The quantitative estimate of drug-likeness (QED) is 0.608. The molecule has 7 nitrogen and oxygen atoms in total. The lowest BCUT2D eigenvalue weighted by molar-refractivity contribution is -0.117. The minimum atomic E-state index is -0.300. The Hall–Kier alpha value is -2.87. The van der Waals surface area contributed by atoms with E-state index in [4.69, 9.17) is 0 Å². The van der Waals surface area contributed by atoms with Gasteiger partial charge in [0.2, 0.25) is 5.91 Å². The van der Waals surface area contributed by atoms with Crippen LogP contribution in [0, 0.1) is 12.8 Å². The molecule has 0 saturated heterocycles. The molecule has 8 heteroatoms. The van der Waals surface area contributed by atoms with Crippen LogP contribution in [0.25, 0.3) is 0 Å². The smallest absolute Gasteiger partial charge is 0.319 e. The third-order valence-electron chi connectivity index (χ3n) is 4.03. The molecule has 1 heterocycles. The number of thiophene rings is 1. The van der Waals surface area contributed by atoms with Gasteiger partial charge in [-0.25, -0.2) is 4.79 Å². The zero-order valence-corrected chi connectivity index (χ0v) is 16.0. The summed E-state index contributed by atoms with van der Waals surface area (Å²) in [4.78, 5) is 36.6. The summed E-state index contributed by atoms with van der Waals surface area (Å²) < 4.78 is 0. The minimum Gasteiger partial charge on any atom is -0.338 e. The molecule has 0 spiro atoms. The number of nitrogens with one attached hydrogen (secondary N) is 4. The zero-order valence-electron chi connectivity index (χ0n) is 15.2. The van der Waals surface area contributed by atoms with Gasteiger partial charge in [0.25, 0.3) is 5.91 Å². The summed E-state index contributed by atoms with van der Waals surface area (Å²) in [7, 11) is 0. The zero-order chi connectivity index (χ0) is 19.4. The Kier molecular flexibility index (Phi) is 5.75. The second kappa shape index (κ2) is 8.22. The second-order valence-corrected chi connectivity index (χ2v) is 7.46. The van der Waals surface area contributed by atoms with Crippen molar-refractivity contribution in [3.8, 4) is 0 Å². The highest BCUT2D eigenvalue weighted by Crippen LogP contribution is 2.33. The molecule has 0 aliphatic heterocycles. The van der Waals surface area contributed by atoms with E-state index in [0.717, 1.165) is 18.4 Å². The van der Waals surface area contributed by atoms with Gasteiger partial charge in [0.05, 0.1) is 9.88 Å². The molecule has 0 atom stereocenters. The molecule has 142 valence electrons. The lowest BCUT2D eigenvalue weighted by atomic mass is 10.2. The van der Waals surface area contributed by atoms with Crippen LogP contribution in [0.4, 0.5) is 21.2 Å². The highest BCUT2D eigenvalue weighted by Gasteiger charge is 2.30. The molecule has 1 aromatic heterocycles. The van der Waals surface area contributed by atoms with Crippen molar-refractivity contribution in [2.45, 2.75) is 26.7 Å². The third-order valence-corrected chi connectivity index (χ3v) is 5.19. The van der Waals surface area contributed by atoms with Crippen LogP contribution in [0.5, 0.6) is 0 Å². The molecule has 1 aromatic carbocycles. The van der Waals surface area contributed by atoms with E-state index < -0.39 is 0 Å². The van der Waals surface area contributed by atoms with E-state index in [1.54, 1.807) is 24.3 Å². The van der Waals surface area contributed by atoms with Crippen LogP contribution in [-0.2, 0) is 4.79 Å². The topological polar surface area (TPSA) is 99.3 Å². The fourth-order valence-corrected chi connectivity index (χ4v) is 3.51. The Balaban J connectivity index is 1.65. The van der Waals surface area contributed by atoms with Gasteiger partial charge in [-0.1, -0.05) is 6.07 Å². The van der Waals surface area contributed by atoms with E-state index in [-0.39, 0.29) is 23.8 Å².